The fourth-order valence-corrected chi connectivity index (χ4v) is 2.54. The van der Waals surface area contributed by atoms with E-state index >= 15 is 0 Å². The Morgan fingerprint density at radius 1 is 1.38 bits per heavy atom. The molecular formula is C14H15N3O3S. The summed E-state index contributed by atoms with van der Waals surface area (Å²) in [4.78, 5) is 24.4. The van der Waals surface area contributed by atoms with Gasteiger partial charge < -0.3 is 10.1 Å². The van der Waals surface area contributed by atoms with E-state index in [2.05, 4.69) is 14.9 Å². The summed E-state index contributed by atoms with van der Waals surface area (Å²) >= 11 is 1.06. The molecule has 0 aliphatic rings. The lowest BCUT2D eigenvalue weighted by molar-refractivity contribution is 0.0599. The van der Waals surface area contributed by atoms with Crippen molar-refractivity contribution >= 4 is 29.1 Å². The third-order valence-corrected chi connectivity index (χ3v) is 3.85. The maximum absolute atomic E-state index is 12.3. The van der Waals surface area contributed by atoms with Crippen molar-refractivity contribution in [2.24, 2.45) is 0 Å². The van der Waals surface area contributed by atoms with Crippen LogP contribution in [0.5, 0.6) is 0 Å². The minimum atomic E-state index is -0.433. The molecule has 1 aromatic heterocycles. The average Bonchev–Trinajstić information content (AvgIpc) is 2.97. The molecule has 0 unspecified atom stereocenters. The van der Waals surface area contributed by atoms with E-state index in [-0.39, 0.29) is 5.91 Å². The van der Waals surface area contributed by atoms with Crippen molar-refractivity contribution in [1.82, 2.24) is 9.59 Å². The zero-order valence-electron chi connectivity index (χ0n) is 12.0. The quantitative estimate of drug-likeness (QED) is 0.877. The molecule has 0 bridgehead atoms. The number of nitrogens with one attached hydrogen (secondary N) is 1. The molecule has 21 heavy (non-hydrogen) atoms. The van der Waals surface area contributed by atoms with E-state index in [1.165, 1.54) is 7.11 Å². The minimum absolute atomic E-state index is 0.271. The lowest BCUT2D eigenvalue weighted by Gasteiger charge is -2.10. The average molecular weight is 305 g/mol. The number of methoxy groups -OCH3 is 1. The topological polar surface area (TPSA) is 81.2 Å². The summed E-state index contributed by atoms with van der Waals surface area (Å²) in [5.74, 6) is -0.704. The summed E-state index contributed by atoms with van der Waals surface area (Å²) in [6.45, 7) is 3.67. The standard InChI is InChI=1S/C14H15N3O3S/c1-4-10-12(21-17-16-10)13(18)15-11-7-5-6-9(8(11)2)14(19)20-3/h5-7H,4H2,1-3H3,(H,15,18). The Balaban J connectivity index is 2.28. The van der Waals surface area contributed by atoms with Crippen molar-refractivity contribution < 1.29 is 14.3 Å². The Morgan fingerprint density at radius 3 is 2.81 bits per heavy atom. The van der Waals surface area contributed by atoms with Crippen molar-refractivity contribution in [1.29, 1.82) is 0 Å². The Labute approximate surface area is 126 Å². The van der Waals surface area contributed by atoms with E-state index < -0.39 is 5.97 Å². The van der Waals surface area contributed by atoms with Crippen LogP contribution in [0.3, 0.4) is 0 Å². The molecule has 0 spiro atoms. The van der Waals surface area contributed by atoms with Gasteiger partial charge in [-0.1, -0.05) is 17.5 Å². The smallest absolute Gasteiger partial charge is 0.338 e. The number of rotatable bonds is 4. The highest BCUT2D eigenvalue weighted by molar-refractivity contribution is 7.08. The first-order chi connectivity index (χ1) is 10.1. The van der Waals surface area contributed by atoms with Gasteiger partial charge in [-0.2, -0.15) is 0 Å². The molecule has 0 aliphatic carbocycles. The maximum atomic E-state index is 12.3. The summed E-state index contributed by atoms with van der Waals surface area (Å²) in [5, 5.41) is 6.70. The Morgan fingerprint density at radius 2 is 2.14 bits per heavy atom. The van der Waals surface area contributed by atoms with Crippen LogP contribution in [-0.2, 0) is 11.2 Å². The highest BCUT2D eigenvalue weighted by Gasteiger charge is 2.18. The van der Waals surface area contributed by atoms with Crippen LogP contribution in [0.15, 0.2) is 18.2 Å². The highest BCUT2D eigenvalue weighted by Crippen LogP contribution is 2.21. The van der Waals surface area contributed by atoms with Crippen LogP contribution in [0.25, 0.3) is 0 Å². The molecule has 7 heteroatoms. The van der Waals surface area contributed by atoms with Crippen LogP contribution in [0.2, 0.25) is 0 Å². The monoisotopic (exact) mass is 305 g/mol. The van der Waals surface area contributed by atoms with Crippen LogP contribution in [0.1, 0.15) is 38.2 Å². The molecule has 0 atom stereocenters. The number of nitrogens with zero attached hydrogens (tertiary/aromatic N) is 2. The molecule has 110 valence electrons. The van der Waals surface area contributed by atoms with Gasteiger partial charge in [-0.15, -0.1) is 5.10 Å². The summed E-state index contributed by atoms with van der Waals surface area (Å²) in [7, 11) is 1.32. The Hall–Kier alpha value is -2.28. The fraction of sp³-hybridized carbons (Fsp3) is 0.286. The molecule has 1 heterocycles. The second-order valence-corrected chi connectivity index (χ2v) is 5.08. The molecule has 0 saturated carbocycles. The number of ether oxygens (including phenoxy) is 1. The first kappa shape index (κ1) is 15.1. The van der Waals surface area contributed by atoms with Gasteiger partial charge in [-0.3, -0.25) is 4.79 Å². The van der Waals surface area contributed by atoms with Gasteiger partial charge in [0.05, 0.1) is 18.4 Å². The number of esters is 1. The first-order valence-electron chi connectivity index (χ1n) is 6.39. The highest BCUT2D eigenvalue weighted by atomic mass is 32.1. The Kier molecular flexibility index (Phi) is 4.64. The molecule has 2 aromatic rings. The van der Waals surface area contributed by atoms with Crippen LogP contribution in [-0.4, -0.2) is 28.6 Å². The minimum Gasteiger partial charge on any atom is -0.465 e. The molecule has 2 rings (SSSR count). The van der Waals surface area contributed by atoms with E-state index in [9.17, 15) is 9.59 Å². The molecule has 1 amide bonds. The SMILES string of the molecule is CCc1nnsc1C(=O)Nc1cccc(C(=O)OC)c1C. The second kappa shape index (κ2) is 6.45. The summed E-state index contributed by atoms with van der Waals surface area (Å²) < 4.78 is 8.51. The van der Waals surface area contributed by atoms with E-state index in [0.717, 1.165) is 11.5 Å². The van der Waals surface area contributed by atoms with Crippen LogP contribution >= 0.6 is 11.5 Å². The summed E-state index contributed by atoms with van der Waals surface area (Å²) in [5.41, 5.74) is 2.32. The maximum Gasteiger partial charge on any atom is 0.338 e. The second-order valence-electron chi connectivity index (χ2n) is 4.33. The van der Waals surface area contributed by atoms with Crippen molar-refractivity contribution in [3.8, 4) is 0 Å². The van der Waals surface area contributed by atoms with Gasteiger partial charge in [0.1, 0.15) is 4.88 Å². The largest absolute Gasteiger partial charge is 0.465 e. The molecule has 6 nitrogen and oxygen atoms in total. The van der Waals surface area contributed by atoms with Crippen LogP contribution < -0.4 is 5.32 Å². The summed E-state index contributed by atoms with van der Waals surface area (Å²) in [6, 6.07) is 5.09. The van der Waals surface area contributed by atoms with Gasteiger partial charge in [-0.25, -0.2) is 4.79 Å². The number of hydrogen-bond acceptors (Lipinski definition) is 6. The van der Waals surface area contributed by atoms with Crippen molar-refractivity contribution in [3.05, 3.63) is 39.9 Å². The van der Waals surface area contributed by atoms with E-state index in [4.69, 9.17) is 4.74 Å². The zero-order valence-corrected chi connectivity index (χ0v) is 12.8. The third kappa shape index (κ3) is 3.08. The molecule has 0 saturated heterocycles. The zero-order chi connectivity index (χ0) is 15.4. The Bertz CT molecular complexity index is 682. The molecular weight excluding hydrogens is 290 g/mol. The number of carbonyl (C=O) groups excluding carboxylic acids is 2. The molecule has 1 aromatic carbocycles. The normalized spacial score (nSPS) is 10.2. The van der Waals surface area contributed by atoms with Crippen LogP contribution in [0, 0.1) is 6.92 Å². The van der Waals surface area contributed by atoms with Crippen molar-refractivity contribution in [3.63, 3.8) is 0 Å². The predicted octanol–water partition coefficient (Wildman–Crippen LogP) is 2.45. The molecule has 1 N–H and O–H groups in total. The number of aromatic nitrogens is 2. The molecule has 0 radical (unpaired) electrons. The lowest BCUT2D eigenvalue weighted by Crippen LogP contribution is -2.14. The third-order valence-electron chi connectivity index (χ3n) is 3.08. The number of carbonyl (C=O) groups is 2. The van der Waals surface area contributed by atoms with Gasteiger partial charge >= 0.3 is 5.97 Å². The van der Waals surface area contributed by atoms with Gasteiger partial charge in [0.15, 0.2) is 0 Å². The van der Waals surface area contributed by atoms with E-state index in [0.29, 0.717) is 33.8 Å². The van der Waals surface area contributed by atoms with Crippen LogP contribution in [0.4, 0.5) is 5.69 Å². The van der Waals surface area contributed by atoms with Crippen molar-refractivity contribution in [2.75, 3.05) is 12.4 Å². The first-order valence-corrected chi connectivity index (χ1v) is 7.16. The predicted molar refractivity (Wildman–Crippen MR) is 79.8 cm³/mol. The number of aryl methyl sites for hydroxylation is 1. The number of amides is 1. The fourth-order valence-electron chi connectivity index (χ4n) is 1.89. The molecule has 0 aliphatic heterocycles. The van der Waals surface area contributed by atoms with Gasteiger partial charge in [0, 0.05) is 5.69 Å². The number of hydrogen-bond donors (Lipinski definition) is 1. The van der Waals surface area contributed by atoms with E-state index in [1.807, 2.05) is 6.92 Å². The van der Waals surface area contributed by atoms with Crippen molar-refractivity contribution in [2.45, 2.75) is 20.3 Å². The lowest BCUT2D eigenvalue weighted by atomic mass is 10.1. The van der Waals surface area contributed by atoms with Gasteiger partial charge in [-0.05, 0) is 42.6 Å². The molecule has 0 fully saturated rings. The van der Waals surface area contributed by atoms with E-state index in [1.54, 1.807) is 25.1 Å². The summed E-state index contributed by atoms with van der Waals surface area (Å²) in [6.07, 6.45) is 0.639. The van der Waals surface area contributed by atoms with Gasteiger partial charge in [0.2, 0.25) is 0 Å². The number of benzene rings is 1. The van der Waals surface area contributed by atoms with Gasteiger partial charge in [0.25, 0.3) is 5.91 Å². The number of anilines is 1.